The Labute approximate surface area is 202 Å². The second-order valence-electron chi connectivity index (χ2n) is 10.1. The summed E-state index contributed by atoms with van der Waals surface area (Å²) in [5, 5.41) is 18.0. The Morgan fingerprint density at radius 2 is 1.94 bits per heavy atom. The van der Waals surface area contributed by atoms with Crippen LogP contribution in [-0.2, 0) is 6.54 Å². The van der Waals surface area contributed by atoms with Crippen molar-refractivity contribution in [3.8, 4) is 11.1 Å². The summed E-state index contributed by atoms with van der Waals surface area (Å²) in [4.78, 5) is 12.1. The smallest absolute Gasteiger partial charge is 0.224 e. The molecule has 7 nitrogen and oxygen atoms in total. The molecule has 3 N–H and O–H groups in total. The Balaban J connectivity index is 1.44. The molecule has 1 aliphatic heterocycles. The zero-order valence-corrected chi connectivity index (χ0v) is 20.5. The third-order valence-electron chi connectivity index (χ3n) is 7.29. The fourth-order valence-corrected chi connectivity index (χ4v) is 5.40. The van der Waals surface area contributed by atoms with E-state index in [4.69, 9.17) is 4.98 Å². The van der Waals surface area contributed by atoms with E-state index in [1.165, 1.54) is 16.7 Å². The molecule has 5 rings (SSSR count). The van der Waals surface area contributed by atoms with Gasteiger partial charge in [0.1, 0.15) is 5.65 Å². The molecule has 0 amide bonds. The van der Waals surface area contributed by atoms with Crippen molar-refractivity contribution < 1.29 is 5.11 Å². The molecule has 34 heavy (non-hydrogen) atoms. The first-order valence-corrected chi connectivity index (χ1v) is 12.9. The Kier molecular flexibility index (Phi) is 7.13. The number of hydrogen-bond donors (Lipinski definition) is 3. The van der Waals surface area contributed by atoms with Crippen LogP contribution in [0.3, 0.4) is 0 Å². The van der Waals surface area contributed by atoms with Crippen molar-refractivity contribution in [2.24, 2.45) is 0 Å². The fraction of sp³-hybridized carbons (Fsp3) is 0.556. The van der Waals surface area contributed by atoms with Gasteiger partial charge in [-0.15, -0.1) is 0 Å². The third-order valence-corrected chi connectivity index (χ3v) is 7.29. The molecule has 182 valence electrons. The maximum atomic E-state index is 10.0. The van der Waals surface area contributed by atoms with Gasteiger partial charge in [0.25, 0.3) is 0 Å². The van der Waals surface area contributed by atoms with E-state index in [0.29, 0.717) is 18.0 Å². The number of anilines is 1. The van der Waals surface area contributed by atoms with Crippen LogP contribution in [0.25, 0.3) is 22.2 Å². The van der Waals surface area contributed by atoms with Crippen molar-refractivity contribution in [2.45, 2.75) is 70.7 Å². The first-order valence-electron chi connectivity index (χ1n) is 12.9. The number of piperazine rings is 1. The third kappa shape index (κ3) is 5.11. The highest BCUT2D eigenvalue weighted by Gasteiger charge is 2.24. The predicted molar refractivity (Wildman–Crippen MR) is 138 cm³/mol. The molecule has 3 aromatic rings. The Morgan fingerprint density at radius 1 is 1.15 bits per heavy atom. The van der Waals surface area contributed by atoms with Crippen LogP contribution in [0.15, 0.2) is 36.7 Å². The number of fused-ring (bicyclic) bond motifs is 1. The van der Waals surface area contributed by atoms with Gasteiger partial charge in [0.05, 0.1) is 6.10 Å². The van der Waals surface area contributed by atoms with Gasteiger partial charge in [0.2, 0.25) is 5.95 Å². The zero-order chi connectivity index (χ0) is 23.5. The van der Waals surface area contributed by atoms with E-state index >= 15 is 0 Å². The van der Waals surface area contributed by atoms with Gasteiger partial charge in [-0.1, -0.05) is 31.2 Å². The van der Waals surface area contributed by atoms with Gasteiger partial charge in [-0.25, -0.2) is 4.98 Å². The molecule has 1 atom stereocenters. The number of nitrogens with zero attached hydrogens (tertiary/aromatic N) is 4. The number of nitrogens with one attached hydrogen (secondary N) is 2. The van der Waals surface area contributed by atoms with Gasteiger partial charge < -0.3 is 20.3 Å². The molecule has 2 aliphatic rings. The number of benzene rings is 1. The van der Waals surface area contributed by atoms with Gasteiger partial charge in [-0.2, -0.15) is 4.98 Å². The maximum absolute atomic E-state index is 10.0. The van der Waals surface area contributed by atoms with Gasteiger partial charge in [-0.3, -0.25) is 4.90 Å². The Morgan fingerprint density at radius 3 is 2.68 bits per heavy atom. The second kappa shape index (κ2) is 10.4. The van der Waals surface area contributed by atoms with Gasteiger partial charge in [-0.05, 0) is 50.2 Å². The molecule has 1 saturated heterocycles. The van der Waals surface area contributed by atoms with E-state index in [1.807, 2.05) is 6.20 Å². The average Bonchev–Trinajstić information content (AvgIpc) is 3.22. The van der Waals surface area contributed by atoms with Crippen LogP contribution in [0.4, 0.5) is 5.95 Å². The Hall–Kier alpha value is -2.48. The van der Waals surface area contributed by atoms with Gasteiger partial charge in [0, 0.05) is 68.2 Å². The van der Waals surface area contributed by atoms with Crippen LogP contribution in [0.1, 0.15) is 57.6 Å². The van der Waals surface area contributed by atoms with Gasteiger partial charge >= 0.3 is 0 Å². The van der Waals surface area contributed by atoms with E-state index in [9.17, 15) is 5.11 Å². The maximum Gasteiger partial charge on any atom is 0.224 e. The summed E-state index contributed by atoms with van der Waals surface area (Å²) in [5.41, 5.74) is 4.73. The lowest BCUT2D eigenvalue weighted by atomic mass is 9.93. The highest BCUT2D eigenvalue weighted by Crippen LogP contribution is 2.36. The minimum absolute atomic E-state index is 0.167. The van der Waals surface area contributed by atoms with E-state index in [0.717, 1.165) is 75.9 Å². The van der Waals surface area contributed by atoms with Crippen LogP contribution < -0.4 is 10.6 Å². The molecule has 2 aromatic heterocycles. The summed E-state index contributed by atoms with van der Waals surface area (Å²) in [6.07, 6.45) is 8.77. The largest absolute Gasteiger partial charge is 0.393 e. The molecule has 1 aliphatic carbocycles. The lowest BCUT2D eigenvalue weighted by Crippen LogP contribution is -2.48. The van der Waals surface area contributed by atoms with Crippen LogP contribution in [-0.4, -0.2) is 62.9 Å². The first-order chi connectivity index (χ1) is 16.6. The molecule has 2 fully saturated rings. The molecular weight excluding hydrogens is 424 g/mol. The van der Waals surface area contributed by atoms with E-state index in [-0.39, 0.29) is 6.10 Å². The summed E-state index contributed by atoms with van der Waals surface area (Å²) in [6.45, 7) is 9.51. The predicted octanol–water partition coefficient (Wildman–Crippen LogP) is 4.19. The van der Waals surface area contributed by atoms with Crippen LogP contribution >= 0.6 is 0 Å². The minimum atomic E-state index is -0.167. The number of rotatable bonds is 7. The highest BCUT2D eigenvalue weighted by atomic mass is 16.3. The summed E-state index contributed by atoms with van der Waals surface area (Å²) in [6, 6.07) is 9.93. The molecule has 3 heterocycles. The molecule has 0 radical (unpaired) electrons. The molecule has 0 unspecified atom stereocenters. The van der Waals surface area contributed by atoms with Crippen molar-refractivity contribution in [1.29, 1.82) is 0 Å². The molecule has 1 aromatic carbocycles. The Bertz CT molecular complexity index is 1090. The number of hydrogen-bond acceptors (Lipinski definition) is 6. The van der Waals surface area contributed by atoms with Crippen molar-refractivity contribution in [2.75, 3.05) is 31.5 Å². The first kappa shape index (κ1) is 23.3. The van der Waals surface area contributed by atoms with Crippen molar-refractivity contribution >= 4 is 17.0 Å². The standard InChI is InChI=1S/C27H38N6O/c1-3-12-29-27-30-15-24-25(18-33(26(24)31-27)22-8-10-23(34)11-9-22)21-6-4-20(5-7-21)17-32-14-13-28-19(2)16-32/h4-7,15,18-19,22-23,28,34H,3,8-14,16-17H2,1-2H3,(H,29,30,31)/t19-,22?,23?/m0/s1. The van der Waals surface area contributed by atoms with Crippen LogP contribution in [0.2, 0.25) is 0 Å². The summed E-state index contributed by atoms with van der Waals surface area (Å²) < 4.78 is 2.34. The van der Waals surface area contributed by atoms with Crippen LogP contribution in [0, 0.1) is 0 Å². The van der Waals surface area contributed by atoms with E-state index in [2.05, 4.69) is 69.4 Å². The van der Waals surface area contributed by atoms with Crippen LogP contribution in [0.5, 0.6) is 0 Å². The van der Waals surface area contributed by atoms with Crippen molar-refractivity contribution in [3.05, 3.63) is 42.2 Å². The SMILES string of the molecule is CCCNc1ncc2c(-c3ccc(CN4CCN[C@@H](C)C4)cc3)cn(C3CCC(O)CC3)c2n1. The van der Waals surface area contributed by atoms with Gasteiger partial charge in [0.15, 0.2) is 0 Å². The highest BCUT2D eigenvalue weighted by molar-refractivity contribution is 5.94. The number of aromatic nitrogens is 3. The molecule has 1 saturated carbocycles. The molecule has 0 bridgehead atoms. The van der Waals surface area contributed by atoms with Crippen molar-refractivity contribution in [1.82, 2.24) is 24.8 Å². The molecular formula is C27H38N6O. The van der Waals surface area contributed by atoms with E-state index in [1.54, 1.807) is 0 Å². The monoisotopic (exact) mass is 462 g/mol. The quantitative estimate of drug-likeness (QED) is 0.489. The summed E-state index contributed by atoms with van der Waals surface area (Å²) in [5.74, 6) is 0.691. The normalized spacial score (nSPS) is 23.9. The topological polar surface area (TPSA) is 78.2 Å². The number of aliphatic hydroxyl groups excluding tert-OH is 1. The summed E-state index contributed by atoms with van der Waals surface area (Å²) >= 11 is 0. The summed E-state index contributed by atoms with van der Waals surface area (Å²) in [7, 11) is 0. The second-order valence-corrected chi connectivity index (χ2v) is 10.1. The lowest BCUT2D eigenvalue weighted by Gasteiger charge is -2.31. The average molecular weight is 463 g/mol. The van der Waals surface area contributed by atoms with E-state index < -0.39 is 0 Å². The number of aliphatic hydroxyl groups is 1. The minimum Gasteiger partial charge on any atom is -0.393 e. The molecule has 7 heteroatoms. The van der Waals surface area contributed by atoms with Crippen molar-refractivity contribution in [3.63, 3.8) is 0 Å². The lowest BCUT2D eigenvalue weighted by molar-refractivity contribution is 0.111. The molecule has 0 spiro atoms. The fourth-order valence-electron chi connectivity index (χ4n) is 5.40. The zero-order valence-electron chi connectivity index (χ0n) is 20.5.